The molecule has 0 spiro atoms. The number of rotatable bonds is 2. The van der Waals surface area contributed by atoms with E-state index < -0.39 is 0 Å². The second-order valence-electron chi connectivity index (χ2n) is 4.50. The molecule has 3 rings (SSSR count). The third-order valence-electron chi connectivity index (χ3n) is 3.24. The first-order valence-electron chi connectivity index (χ1n) is 6.00. The molecule has 1 unspecified atom stereocenters. The SMILES string of the molecule is Clc1ccc(C(Cl)c2ccc3c(c2)CCO3)cc1Cl. The van der Waals surface area contributed by atoms with E-state index in [0.29, 0.717) is 10.0 Å². The molecule has 4 heteroatoms. The molecule has 19 heavy (non-hydrogen) atoms. The summed E-state index contributed by atoms with van der Waals surface area (Å²) in [4.78, 5) is 0. The van der Waals surface area contributed by atoms with Gasteiger partial charge in [0.2, 0.25) is 0 Å². The van der Waals surface area contributed by atoms with E-state index in [2.05, 4.69) is 6.07 Å². The Labute approximate surface area is 127 Å². The molecule has 0 saturated heterocycles. The van der Waals surface area contributed by atoms with Crippen molar-refractivity contribution in [1.29, 1.82) is 0 Å². The van der Waals surface area contributed by atoms with Gasteiger partial charge in [0.05, 0.1) is 22.0 Å². The Kier molecular flexibility index (Phi) is 3.62. The third kappa shape index (κ3) is 2.55. The Bertz CT molecular complexity index is 625. The zero-order chi connectivity index (χ0) is 13.4. The summed E-state index contributed by atoms with van der Waals surface area (Å²) >= 11 is 18.5. The summed E-state index contributed by atoms with van der Waals surface area (Å²) in [6.45, 7) is 0.749. The van der Waals surface area contributed by atoms with Gasteiger partial charge in [-0.3, -0.25) is 0 Å². The van der Waals surface area contributed by atoms with Crippen LogP contribution in [0.4, 0.5) is 0 Å². The van der Waals surface area contributed by atoms with Crippen molar-refractivity contribution >= 4 is 34.8 Å². The van der Waals surface area contributed by atoms with Crippen LogP contribution in [0.1, 0.15) is 22.1 Å². The Morgan fingerprint density at radius 2 is 1.68 bits per heavy atom. The van der Waals surface area contributed by atoms with E-state index in [4.69, 9.17) is 39.5 Å². The highest BCUT2D eigenvalue weighted by atomic mass is 35.5. The van der Waals surface area contributed by atoms with Crippen LogP contribution in [0.2, 0.25) is 10.0 Å². The van der Waals surface area contributed by atoms with Crippen molar-refractivity contribution in [2.45, 2.75) is 11.8 Å². The number of hydrogen-bond donors (Lipinski definition) is 0. The van der Waals surface area contributed by atoms with Crippen LogP contribution in [-0.2, 0) is 6.42 Å². The average molecular weight is 314 g/mol. The maximum atomic E-state index is 6.52. The van der Waals surface area contributed by atoms with E-state index in [-0.39, 0.29) is 5.38 Å². The van der Waals surface area contributed by atoms with E-state index in [1.807, 2.05) is 24.3 Å². The van der Waals surface area contributed by atoms with Gasteiger partial charge in [0.15, 0.2) is 0 Å². The molecule has 0 fully saturated rings. The van der Waals surface area contributed by atoms with Crippen molar-refractivity contribution < 1.29 is 4.74 Å². The molecule has 1 heterocycles. The highest BCUT2D eigenvalue weighted by Crippen LogP contribution is 2.35. The molecule has 1 aliphatic heterocycles. The van der Waals surface area contributed by atoms with Crippen LogP contribution in [0.5, 0.6) is 5.75 Å². The molecule has 0 radical (unpaired) electrons. The normalized spacial score (nSPS) is 14.9. The van der Waals surface area contributed by atoms with Gasteiger partial charge >= 0.3 is 0 Å². The molecule has 2 aromatic carbocycles. The van der Waals surface area contributed by atoms with Crippen molar-refractivity contribution in [2.75, 3.05) is 6.61 Å². The van der Waals surface area contributed by atoms with Crippen LogP contribution in [0.25, 0.3) is 0 Å². The lowest BCUT2D eigenvalue weighted by Gasteiger charge is -2.12. The molecular formula is C15H11Cl3O. The van der Waals surface area contributed by atoms with E-state index >= 15 is 0 Å². The van der Waals surface area contributed by atoms with Crippen molar-refractivity contribution in [2.24, 2.45) is 0 Å². The molecule has 2 aromatic rings. The Hall–Kier alpha value is -0.890. The fraction of sp³-hybridized carbons (Fsp3) is 0.200. The standard InChI is InChI=1S/C15H11Cl3O/c16-12-3-1-11(8-13(12)17)15(18)10-2-4-14-9(7-10)5-6-19-14/h1-4,7-8,15H,5-6H2. The van der Waals surface area contributed by atoms with E-state index in [0.717, 1.165) is 29.9 Å². The van der Waals surface area contributed by atoms with Crippen molar-refractivity contribution in [3.8, 4) is 5.75 Å². The summed E-state index contributed by atoms with van der Waals surface area (Å²) < 4.78 is 5.49. The monoisotopic (exact) mass is 312 g/mol. The lowest BCUT2D eigenvalue weighted by Crippen LogP contribution is -1.94. The number of ether oxygens (including phenoxy) is 1. The van der Waals surface area contributed by atoms with Gasteiger partial charge in [-0.05, 0) is 34.9 Å². The first-order valence-corrected chi connectivity index (χ1v) is 7.19. The van der Waals surface area contributed by atoms with Gasteiger partial charge in [-0.2, -0.15) is 0 Å². The Morgan fingerprint density at radius 3 is 2.47 bits per heavy atom. The van der Waals surface area contributed by atoms with Gasteiger partial charge < -0.3 is 4.74 Å². The third-order valence-corrected chi connectivity index (χ3v) is 4.49. The van der Waals surface area contributed by atoms with E-state index in [1.54, 1.807) is 6.07 Å². The van der Waals surface area contributed by atoms with Crippen molar-refractivity contribution in [3.05, 3.63) is 63.1 Å². The van der Waals surface area contributed by atoms with Crippen LogP contribution in [0, 0.1) is 0 Å². The molecule has 1 nitrogen and oxygen atoms in total. The van der Waals surface area contributed by atoms with Crippen LogP contribution >= 0.6 is 34.8 Å². The first kappa shape index (κ1) is 13.1. The van der Waals surface area contributed by atoms with Gasteiger partial charge in [-0.25, -0.2) is 0 Å². The maximum Gasteiger partial charge on any atom is 0.122 e. The minimum Gasteiger partial charge on any atom is -0.493 e. The largest absolute Gasteiger partial charge is 0.493 e. The van der Waals surface area contributed by atoms with Crippen molar-refractivity contribution in [1.82, 2.24) is 0 Å². The molecule has 0 amide bonds. The second kappa shape index (κ2) is 5.24. The second-order valence-corrected chi connectivity index (χ2v) is 5.75. The molecule has 0 bridgehead atoms. The fourth-order valence-corrected chi connectivity index (χ4v) is 2.80. The zero-order valence-corrected chi connectivity index (χ0v) is 12.3. The van der Waals surface area contributed by atoms with Gasteiger partial charge in [-0.15, -0.1) is 11.6 Å². The average Bonchev–Trinajstić information content (AvgIpc) is 2.88. The maximum absolute atomic E-state index is 6.52. The Balaban J connectivity index is 1.94. The van der Waals surface area contributed by atoms with Crippen LogP contribution < -0.4 is 4.74 Å². The summed E-state index contributed by atoms with van der Waals surface area (Å²) in [5.74, 6) is 0.960. The summed E-state index contributed by atoms with van der Waals surface area (Å²) in [6.07, 6.45) is 0.939. The summed E-state index contributed by atoms with van der Waals surface area (Å²) in [5.41, 5.74) is 3.20. The smallest absolute Gasteiger partial charge is 0.122 e. The van der Waals surface area contributed by atoms with Gasteiger partial charge in [0, 0.05) is 6.42 Å². The van der Waals surface area contributed by atoms with E-state index in [9.17, 15) is 0 Å². The molecule has 0 N–H and O–H groups in total. The fourth-order valence-electron chi connectivity index (χ4n) is 2.23. The quantitative estimate of drug-likeness (QED) is 0.687. The lowest BCUT2D eigenvalue weighted by molar-refractivity contribution is 0.357. The molecule has 0 saturated carbocycles. The summed E-state index contributed by atoms with van der Waals surface area (Å²) in [7, 11) is 0. The van der Waals surface area contributed by atoms with E-state index in [1.165, 1.54) is 5.56 Å². The zero-order valence-electron chi connectivity index (χ0n) is 10.00. The minimum atomic E-state index is -0.235. The molecule has 0 aliphatic carbocycles. The molecule has 1 atom stereocenters. The number of benzene rings is 2. The number of halogens is 3. The molecule has 1 aliphatic rings. The number of hydrogen-bond acceptors (Lipinski definition) is 1. The summed E-state index contributed by atoms with van der Waals surface area (Å²) in [6, 6.07) is 11.5. The van der Waals surface area contributed by atoms with Crippen molar-refractivity contribution in [3.63, 3.8) is 0 Å². The van der Waals surface area contributed by atoms with Gasteiger partial charge in [0.1, 0.15) is 5.75 Å². The van der Waals surface area contributed by atoms with Crippen LogP contribution in [0.15, 0.2) is 36.4 Å². The van der Waals surface area contributed by atoms with Crippen LogP contribution in [0.3, 0.4) is 0 Å². The predicted octanol–water partition coefficient (Wildman–Crippen LogP) is 5.26. The Morgan fingerprint density at radius 1 is 0.947 bits per heavy atom. The number of alkyl halides is 1. The molecule has 0 aromatic heterocycles. The van der Waals surface area contributed by atoms with Crippen LogP contribution in [-0.4, -0.2) is 6.61 Å². The lowest BCUT2D eigenvalue weighted by atomic mass is 10.0. The summed E-state index contributed by atoms with van der Waals surface area (Å²) in [5, 5.41) is 0.826. The van der Waals surface area contributed by atoms with Gasteiger partial charge in [0.25, 0.3) is 0 Å². The highest BCUT2D eigenvalue weighted by molar-refractivity contribution is 6.42. The topological polar surface area (TPSA) is 9.23 Å². The molecule has 98 valence electrons. The molecular weight excluding hydrogens is 303 g/mol. The minimum absolute atomic E-state index is 0.235. The highest BCUT2D eigenvalue weighted by Gasteiger charge is 2.17. The number of fused-ring (bicyclic) bond motifs is 1. The first-order chi connectivity index (χ1) is 9.15. The van der Waals surface area contributed by atoms with Gasteiger partial charge in [-0.1, -0.05) is 41.4 Å². The predicted molar refractivity (Wildman–Crippen MR) is 79.8 cm³/mol.